The molecule has 0 radical (unpaired) electrons. The summed E-state index contributed by atoms with van der Waals surface area (Å²) < 4.78 is 17.1. The van der Waals surface area contributed by atoms with Gasteiger partial charge in [-0.15, -0.1) is 0 Å². The largest absolute Gasteiger partial charge is 0.494 e. The monoisotopic (exact) mass is 486 g/mol. The molecular formula is C25H27BN6O4. The third-order valence-electron chi connectivity index (χ3n) is 6.01. The predicted molar refractivity (Wildman–Crippen MR) is 136 cm³/mol. The summed E-state index contributed by atoms with van der Waals surface area (Å²) in [6, 6.07) is 15.2. The molecule has 10 nitrogen and oxygen atoms in total. The van der Waals surface area contributed by atoms with Crippen molar-refractivity contribution in [3.8, 4) is 11.5 Å². The van der Waals surface area contributed by atoms with Gasteiger partial charge in [0.25, 0.3) is 5.89 Å². The van der Waals surface area contributed by atoms with Gasteiger partial charge in [0.1, 0.15) is 11.4 Å². The molecule has 5 rings (SSSR count). The normalized spacial score (nSPS) is 14.9. The number of nitrogens with one attached hydrogen (secondary N) is 2. The summed E-state index contributed by atoms with van der Waals surface area (Å²) in [5, 5.41) is 20.3. The number of rotatable bonds is 9. The molecule has 1 aliphatic rings. The molecule has 11 heteroatoms. The van der Waals surface area contributed by atoms with Crippen LogP contribution in [0.5, 0.6) is 0 Å². The minimum atomic E-state index is -0.494. The molecule has 2 aromatic carbocycles. The van der Waals surface area contributed by atoms with Crippen molar-refractivity contribution >= 4 is 30.0 Å². The summed E-state index contributed by atoms with van der Waals surface area (Å²) in [4.78, 5) is 13.3. The number of aromatic nitrogens is 4. The number of fused-ring (bicyclic) bond motifs is 1. The SMILES string of the molecule is CCOB1OC(C)(C)c2cc(Nc3ncc(-c4ncno4)c(N[C@H](CO)c4ccccc4)n3)ccc21. The zero-order valence-electron chi connectivity index (χ0n) is 20.3. The van der Waals surface area contributed by atoms with Gasteiger partial charge in [-0.2, -0.15) is 9.97 Å². The Morgan fingerprint density at radius 1 is 1.14 bits per heavy atom. The predicted octanol–water partition coefficient (Wildman–Crippen LogP) is 3.41. The molecule has 36 heavy (non-hydrogen) atoms. The zero-order chi connectivity index (χ0) is 25.1. The first-order valence-electron chi connectivity index (χ1n) is 11.8. The average Bonchev–Trinajstić information content (AvgIpc) is 3.50. The topological polar surface area (TPSA) is 127 Å². The van der Waals surface area contributed by atoms with Gasteiger partial charge in [0, 0.05) is 18.5 Å². The Bertz CT molecular complexity index is 1320. The molecule has 1 aliphatic heterocycles. The van der Waals surface area contributed by atoms with E-state index in [4.69, 9.17) is 13.8 Å². The Labute approximate surface area is 209 Å². The highest BCUT2D eigenvalue weighted by atomic mass is 16.6. The number of hydrogen-bond acceptors (Lipinski definition) is 10. The Hall–Kier alpha value is -3.80. The van der Waals surface area contributed by atoms with Gasteiger partial charge < -0.3 is 29.6 Å². The van der Waals surface area contributed by atoms with E-state index in [1.807, 2.05) is 69.3 Å². The van der Waals surface area contributed by atoms with Crippen molar-refractivity contribution in [1.82, 2.24) is 20.1 Å². The second kappa shape index (κ2) is 10.1. The Morgan fingerprint density at radius 2 is 1.97 bits per heavy atom. The molecular weight excluding hydrogens is 459 g/mol. The van der Waals surface area contributed by atoms with Crippen LogP contribution in [0.4, 0.5) is 17.5 Å². The van der Waals surface area contributed by atoms with E-state index in [1.54, 1.807) is 6.20 Å². The Morgan fingerprint density at radius 3 is 2.69 bits per heavy atom. The van der Waals surface area contributed by atoms with Crippen LogP contribution in [0.1, 0.15) is 37.9 Å². The standard InChI is InChI=1S/C25H27BN6O4/c1-4-34-26-20-11-10-17(12-19(20)25(2,3)36-26)30-24-27-13-18(23-28-15-29-35-23)22(32-24)31-21(14-33)16-8-6-5-7-9-16/h5-13,15,21,33H,4,14H2,1-3H3,(H2,27,30,31,32)/t21-/m1/s1. The van der Waals surface area contributed by atoms with E-state index in [2.05, 4.69) is 30.7 Å². The lowest BCUT2D eigenvalue weighted by Gasteiger charge is -2.21. The highest BCUT2D eigenvalue weighted by molar-refractivity contribution is 6.63. The maximum absolute atomic E-state index is 10.1. The fraction of sp³-hybridized carbons (Fsp3) is 0.280. The van der Waals surface area contributed by atoms with Crippen LogP contribution in [0.25, 0.3) is 11.5 Å². The molecule has 0 aliphatic carbocycles. The van der Waals surface area contributed by atoms with Gasteiger partial charge in [-0.05, 0) is 49.5 Å². The smallest absolute Gasteiger partial charge is 0.408 e. The molecule has 0 amide bonds. The van der Waals surface area contributed by atoms with Crippen molar-refractivity contribution in [2.45, 2.75) is 32.4 Å². The molecule has 184 valence electrons. The van der Waals surface area contributed by atoms with Crippen LogP contribution in [-0.4, -0.2) is 45.5 Å². The van der Waals surface area contributed by atoms with Gasteiger partial charge in [0.05, 0.1) is 18.2 Å². The number of nitrogens with zero attached hydrogens (tertiary/aromatic N) is 4. The molecule has 0 saturated carbocycles. The molecule has 0 spiro atoms. The average molecular weight is 486 g/mol. The molecule has 0 saturated heterocycles. The number of aliphatic hydroxyl groups excluding tert-OH is 1. The summed E-state index contributed by atoms with van der Waals surface area (Å²) >= 11 is 0. The van der Waals surface area contributed by atoms with E-state index in [1.165, 1.54) is 6.33 Å². The lowest BCUT2D eigenvalue weighted by molar-refractivity contribution is 0.0867. The maximum atomic E-state index is 10.1. The number of hydrogen-bond donors (Lipinski definition) is 3. The Kier molecular flexibility index (Phi) is 6.68. The summed E-state index contributed by atoms with van der Waals surface area (Å²) in [6.45, 7) is 6.41. The van der Waals surface area contributed by atoms with Crippen LogP contribution in [0.2, 0.25) is 0 Å². The third-order valence-corrected chi connectivity index (χ3v) is 6.01. The van der Waals surface area contributed by atoms with Crippen LogP contribution in [0.3, 0.4) is 0 Å². The van der Waals surface area contributed by atoms with Gasteiger partial charge in [-0.1, -0.05) is 41.6 Å². The molecule has 0 fully saturated rings. The van der Waals surface area contributed by atoms with Crippen molar-refractivity contribution in [2.75, 3.05) is 23.8 Å². The summed E-state index contributed by atoms with van der Waals surface area (Å²) in [7, 11) is -0.386. The van der Waals surface area contributed by atoms with Crippen molar-refractivity contribution in [2.24, 2.45) is 0 Å². The first kappa shape index (κ1) is 23.9. The zero-order valence-corrected chi connectivity index (χ0v) is 20.3. The van der Waals surface area contributed by atoms with E-state index < -0.39 is 11.6 Å². The first-order chi connectivity index (χ1) is 17.5. The fourth-order valence-electron chi connectivity index (χ4n) is 4.24. The summed E-state index contributed by atoms with van der Waals surface area (Å²) in [5.74, 6) is 1.08. The summed E-state index contributed by atoms with van der Waals surface area (Å²) in [5.41, 5.74) is 3.80. The van der Waals surface area contributed by atoms with Crippen LogP contribution in [0.15, 0.2) is 65.6 Å². The number of anilines is 3. The highest BCUT2D eigenvalue weighted by Crippen LogP contribution is 2.33. The lowest BCUT2D eigenvalue weighted by Crippen LogP contribution is -2.32. The van der Waals surface area contributed by atoms with E-state index in [0.717, 1.165) is 22.3 Å². The van der Waals surface area contributed by atoms with Crippen molar-refractivity contribution < 1.29 is 18.9 Å². The van der Waals surface area contributed by atoms with Crippen molar-refractivity contribution in [3.05, 3.63) is 72.2 Å². The van der Waals surface area contributed by atoms with Crippen LogP contribution >= 0.6 is 0 Å². The van der Waals surface area contributed by atoms with Gasteiger partial charge in [0.15, 0.2) is 6.33 Å². The molecule has 0 bridgehead atoms. The van der Waals surface area contributed by atoms with Gasteiger partial charge >= 0.3 is 7.12 Å². The third kappa shape index (κ3) is 4.81. The van der Waals surface area contributed by atoms with E-state index >= 15 is 0 Å². The van der Waals surface area contributed by atoms with Crippen LogP contribution < -0.4 is 16.1 Å². The van der Waals surface area contributed by atoms with E-state index in [0.29, 0.717) is 23.9 Å². The van der Waals surface area contributed by atoms with Gasteiger partial charge in [-0.25, -0.2) is 4.98 Å². The quantitative estimate of drug-likeness (QED) is 0.303. The molecule has 3 heterocycles. The Balaban J connectivity index is 1.46. The molecule has 3 N–H and O–H groups in total. The van der Waals surface area contributed by atoms with Gasteiger partial charge in [-0.3, -0.25) is 0 Å². The highest BCUT2D eigenvalue weighted by Gasteiger charge is 2.42. The fourth-order valence-corrected chi connectivity index (χ4v) is 4.24. The van der Waals surface area contributed by atoms with Crippen LogP contribution in [0, 0.1) is 0 Å². The van der Waals surface area contributed by atoms with E-state index in [-0.39, 0.29) is 19.6 Å². The van der Waals surface area contributed by atoms with Crippen molar-refractivity contribution in [1.29, 1.82) is 0 Å². The van der Waals surface area contributed by atoms with Gasteiger partial charge in [0.2, 0.25) is 5.95 Å². The van der Waals surface area contributed by atoms with Crippen molar-refractivity contribution in [3.63, 3.8) is 0 Å². The minimum absolute atomic E-state index is 0.138. The maximum Gasteiger partial charge on any atom is 0.494 e. The molecule has 4 aromatic rings. The second-order valence-electron chi connectivity index (χ2n) is 8.83. The van der Waals surface area contributed by atoms with Crippen LogP contribution in [-0.2, 0) is 14.9 Å². The second-order valence-corrected chi connectivity index (χ2v) is 8.83. The molecule has 1 atom stereocenters. The summed E-state index contributed by atoms with van der Waals surface area (Å²) in [6.07, 6.45) is 2.92. The number of benzene rings is 2. The number of aliphatic hydroxyl groups is 1. The lowest BCUT2D eigenvalue weighted by atomic mass is 9.77. The van der Waals surface area contributed by atoms with E-state index in [9.17, 15) is 5.11 Å². The minimum Gasteiger partial charge on any atom is -0.408 e. The molecule has 2 aromatic heterocycles. The molecule has 0 unspecified atom stereocenters. The first-order valence-corrected chi connectivity index (χ1v) is 11.8.